The Kier molecular flexibility index (Phi) is 5.28. The summed E-state index contributed by atoms with van der Waals surface area (Å²) in [4.78, 5) is -0.704. The molecule has 1 aromatic rings. The van der Waals surface area contributed by atoms with Crippen molar-refractivity contribution in [3.63, 3.8) is 0 Å². The molecule has 1 N–H and O–H groups in total. The highest BCUT2D eigenvalue weighted by molar-refractivity contribution is 7.90. The number of alkyl halides is 3. The van der Waals surface area contributed by atoms with E-state index in [1.54, 1.807) is 0 Å². The highest BCUT2D eigenvalue weighted by atomic mass is 32.2. The number of halogens is 3. The molecular formula is C13H20F3NO2SSi. The Bertz CT molecular complexity index is 598. The van der Waals surface area contributed by atoms with Crippen LogP contribution in [0.4, 0.5) is 13.2 Å². The minimum atomic E-state index is -4.69. The van der Waals surface area contributed by atoms with E-state index < -0.39 is 36.3 Å². The fraction of sp³-hybridized carbons (Fsp3) is 0.538. The Hall–Kier alpha value is -0.863. The van der Waals surface area contributed by atoms with Gasteiger partial charge >= 0.3 is 6.18 Å². The molecule has 0 unspecified atom stereocenters. The first kappa shape index (κ1) is 18.2. The molecule has 0 aliphatic carbocycles. The Labute approximate surface area is 125 Å². The van der Waals surface area contributed by atoms with Gasteiger partial charge in [0, 0.05) is 0 Å². The smallest absolute Gasteiger partial charge is 0.239 e. The van der Waals surface area contributed by atoms with Gasteiger partial charge in [-0.1, -0.05) is 39.8 Å². The van der Waals surface area contributed by atoms with E-state index in [1.165, 1.54) is 12.1 Å². The molecule has 1 rings (SSSR count). The zero-order valence-corrected chi connectivity index (χ0v) is 14.7. The lowest BCUT2D eigenvalue weighted by Crippen LogP contribution is -2.37. The van der Waals surface area contributed by atoms with E-state index in [4.69, 9.17) is 0 Å². The van der Waals surface area contributed by atoms with E-state index in [-0.39, 0.29) is 11.0 Å². The van der Waals surface area contributed by atoms with Crippen molar-refractivity contribution in [3.05, 3.63) is 29.8 Å². The maximum atomic E-state index is 12.9. The quantitative estimate of drug-likeness (QED) is 0.839. The second-order valence-corrected chi connectivity index (χ2v) is 10.7. The summed E-state index contributed by atoms with van der Waals surface area (Å²) in [7, 11) is -5.47. The highest BCUT2D eigenvalue weighted by Gasteiger charge is 2.37. The van der Waals surface area contributed by atoms with Gasteiger partial charge in [-0.2, -0.15) is 13.2 Å². The van der Waals surface area contributed by atoms with Crippen LogP contribution in [0.1, 0.15) is 33.3 Å². The van der Waals surface area contributed by atoms with Gasteiger partial charge in [-0.3, -0.25) is 0 Å². The topological polar surface area (TPSA) is 46.2 Å². The van der Waals surface area contributed by atoms with Crippen molar-refractivity contribution in [1.29, 1.82) is 0 Å². The van der Waals surface area contributed by atoms with Crippen molar-refractivity contribution in [3.8, 4) is 0 Å². The van der Waals surface area contributed by atoms with Gasteiger partial charge < -0.3 is 0 Å². The summed E-state index contributed by atoms with van der Waals surface area (Å²) >= 11 is 0. The average Bonchev–Trinajstić information content (AvgIpc) is 2.35. The SMILES string of the molecule is CC(C)C(C)(C)[SiH2]NS(=O)(=O)c1ccccc1C(F)(F)F. The van der Waals surface area contributed by atoms with Crippen LogP contribution < -0.4 is 4.39 Å². The first-order valence-corrected chi connectivity index (χ1v) is 9.43. The van der Waals surface area contributed by atoms with E-state index in [0.717, 1.165) is 12.1 Å². The lowest BCUT2D eigenvalue weighted by molar-refractivity contribution is -0.139. The monoisotopic (exact) mass is 339 g/mol. The van der Waals surface area contributed by atoms with Gasteiger partial charge in [0.2, 0.25) is 10.0 Å². The van der Waals surface area contributed by atoms with E-state index in [2.05, 4.69) is 4.39 Å². The van der Waals surface area contributed by atoms with Gasteiger partial charge in [0.1, 0.15) is 9.68 Å². The first-order valence-electron chi connectivity index (χ1n) is 6.54. The summed E-state index contributed by atoms with van der Waals surface area (Å²) in [6.07, 6.45) is -4.69. The lowest BCUT2D eigenvalue weighted by Gasteiger charge is -2.28. The highest BCUT2D eigenvalue weighted by Crippen LogP contribution is 2.35. The molecule has 0 saturated carbocycles. The normalized spacial score (nSPS) is 14.3. The third kappa shape index (κ3) is 4.55. The van der Waals surface area contributed by atoms with Crippen molar-refractivity contribution in [2.45, 2.75) is 43.8 Å². The minimum absolute atomic E-state index is 0.222. The van der Waals surface area contributed by atoms with Crippen molar-refractivity contribution < 1.29 is 21.6 Å². The van der Waals surface area contributed by atoms with Crippen LogP contribution in [0, 0.1) is 5.92 Å². The van der Waals surface area contributed by atoms with Gasteiger partial charge in [0.25, 0.3) is 0 Å². The third-order valence-corrected chi connectivity index (χ3v) is 8.52. The van der Waals surface area contributed by atoms with Crippen molar-refractivity contribution in [2.75, 3.05) is 0 Å². The fourth-order valence-electron chi connectivity index (χ4n) is 1.50. The molecule has 0 aliphatic heterocycles. The molecule has 21 heavy (non-hydrogen) atoms. The summed E-state index contributed by atoms with van der Waals surface area (Å²) in [5.74, 6) is 0.240. The Morgan fingerprint density at radius 1 is 1.14 bits per heavy atom. The number of hydrogen-bond donors (Lipinski definition) is 1. The molecular weight excluding hydrogens is 319 g/mol. The van der Waals surface area contributed by atoms with Crippen LogP contribution in [0.25, 0.3) is 0 Å². The number of hydrogen-bond acceptors (Lipinski definition) is 2. The average molecular weight is 339 g/mol. The van der Waals surface area contributed by atoms with Crippen LogP contribution in [0.2, 0.25) is 5.04 Å². The molecule has 0 amide bonds. The largest absolute Gasteiger partial charge is 0.417 e. The molecule has 8 heteroatoms. The Balaban J connectivity index is 3.11. The standard InChI is InChI=1S/C13H20F3NO2SSi/c1-9(2)12(3,4)21-17-20(18,19)11-8-6-5-7-10(11)13(14,15)16/h5-9,17H,21H2,1-4H3. The molecule has 0 bridgehead atoms. The predicted molar refractivity (Wildman–Crippen MR) is 79.2 cm³/mol. The first-order chi connectivity index (χ1) is 9.38. The third-order valence-electron chi connectivity index (χ3n) is 3.76. The molecule has 0 heterocycles. The van der Waals surface area contributed by atoms with E-state index >= 15 is 0 Å². The summed E-state index contributed by atoms with van der Waals surface area (Å²) in [5.41, 5.74) is -1.13. The van der Waals surface area contributed by atoms with Crippen LogP contribution >= 0.6 is 0 Å². The molecule has 0 aliphatic rings. The van der Waals surface area contributed by atoms with E-state index in [0.29, 0.717) is 0 Å². The summed E-state index contributed by atoms with van der Waals surface area (Å²) < 4.78 is 65.5. The van der Waals surface area contributed by atoms with Crippen LogP contribution in [0.15, 0.2) is 29.2 Å². The Morgan fingerprint density at radius 2 is 1.67 bits per heavy atom. The second kappa shape index (κ2) is 6.10. The number of sulfonamides is 1. The molecule has 3 nitrogen and oxygen atoms in total. The minimum Gasteiger partial charge on any atom is -0.239 e. The van der Waals surface area contributed by atoms with Crippen LogP contribution in [0.3, 0.4) is 0 Å². The van der Waals surface area contributed by atoms with Gasteiger partial charge in [0.15, 0.2) is 0 Å². The van der Waals surface area contributed by atoms with Crippen molar-refractivity contribution in [2.24, 2.45) is 5.92 Å². The van der Waals surface area contributed by atoms with Gasteiger partial charge in [-0.05, 0) is 23.1 Å². The van der Waals surface area contributed by atoms with Crippen LogP contribution in [-0.4, -0.2) is 18.1 Å². The van der Waals surface area contributed by atoms with Gasteiger partial charge in [-0.25, -0.2) is 12.8 Å². The molecule has 120 valence electrons. The summed E-state index contributed by atoms with van der Waals surface area (Å²) in [6.45, 7) is 7.76. The molecule has 0 spiro atoms. The fourth-order valence-corrected chi connectivity index (χ4v) is 5.51. The molecule has 0 radical (unpaired) electrons. The molecule has 1 aromatic carbocycles. The van der Waals surface area contributed by atoms with Crippen LogP contribution in [-0.2, 0) is 16.2 Å². The van der Waals surface area contributed by atoms with E-state index in [1.807, 2.05) is 27.7 Å². The molecule has 0 fully saturated rings. The van der Waals surface area contributed by atoms with Gasteiger partial charge in [0.05, 0.1) is 10.5 Å². The molecule has 0 atom stereocenters. The zero-order valence-electron chi connectivity index (χ0n) is 12.5. The lowest BCUT2D eigenvalue weighted by atomic mass is 9.99. The van der Waals surface area contributed by atoms with E-state index in [9.17, 15) is 21.6 Å². The molecule has 0 aromatic heterocycles. The number of rotatable bonds is 5. The summed E-state index contributed by atoms with van der Waals surface area (Å²) in [6, 6.07) is 4.24. The number of benzene rings is 1. The van der Waals surface area contributed by atoms with Crippen molar-refractivity contribution in [1.82, 2.24) is 4.39 Å². The number of nitrogens with one attached hydrogen (secondary N) is 1. The van der Waals surface area contributed by atoms with Crippen molar-refractivity contribution >= 4 is 19.7 Å². The van der Waals surface area contributed by atoms with Gasteiger partial charge in [-0.15, -0.1) is 0 Å². The maximum absolute atomic E-state index is 12.9. The zero-order chi connectivity index (χ0) is 16.5. The predicted octanol–water partition coefficient (Wildman–Crippen LogP) is 2.92. The Morgan fingerprint density at radius 3 is 2.14 bits per heavy atom. The summed E-state index contributed by atoms with van der Waals surface area (Å²) in [5, 5.41) is -0.222. The maximum Gasteiger partial charge on any atom is 0.417 e. The molecule has 0 saturated heterocycles. The second-order valence-electron chi connectivity index (χ2n) is 5.96. The van der Waals surface area contributed by atoms with Crippen LogP contribution in [0.5, 0.6) is 0 Å².